The van der Waals surface area contributed by atoms with Gasteiger partial charge >= 0.3 is 5.97 Å². The van der Waals surface area contributed by atoms with Gasteiger partial charge in [0.2, 0.25) is 0 Å². The van der Waals surface area contributed by atoms with E-state index in [4.69, 9.17) is 4.74 Å². The lowest BCUT2D eigenvalue weighted by Gasteiger charge is -2.08. The number of hydrogen-bond donors (Lipinski definition) is 1. The number of amides is 1. The van der Waals surface area contributed by atoms with Crippen LogP contribution < -0.4 is 5.32 Å². The van der Waals surface area contributed by atoms with Crippen LogP contribution in [0, 0.1) is 11.6 Å². The highest BCUT2D eigenvalue weighted by Gasteiger charge is 2.17. The molecule has 176 valence electrons. The van der Waals surface area contributed by atoms with Crippen LogP contribution in [0.1, 0.15) is 107 Å². The number of ether oxygens (including phenoxy) is 1. The van der Waals surface area contributed by atoms with Gasteiger partial charge < -0.3 is 10.1 Å². The SMILES string of the molecule is CCCCCCCCCCCCCCCCOC(=O)CNC(=O)c1c(F)cccc1F. The van der Waals surface area contributed by atoms with Gasteiger partial charge in [0.15, 0.2) is 0 Å². The van der Waals surface area contributed by atoms with Crippen molar-refractivity contribution in [2.24, 2.45) is 0 Å². The Kier molecular flexibility index (Phi) is 15.4. The Labute approximate surface area is 186 Å². The van der Waals surface area contributed by atoms with Crippen LogP contribution in [0.3, 0.4) is 0 Å². The number of carbonyl (C=O) groups excluding carboxylic acids is 2. The fourth-order valence-corrected chi connectivity index (χ4v) is 3.49. The van der Waals surface area contributed by atoms with E-state index in [1.54, 1.807) is 0 Å². The molecule has 31 heavy (non-hydrogen) atoms. The van der Waals surface area contributed by atoms with Crippen LogP contribution in [0.15, 0.2) is 18.2 Å². The van der Waals surface area contributed by atoms with E-state index in [1.165, 1.54) is 76.7 Å². The molecule has 0 aliphatic carbocycles. The zero-order valence-electron chi connectivity index (χ0n) is 19.0. The molecule has 1 N–H and O–H groups in total. The summed E-state index contributed by atoms with van der Waals surface area (Å²) in [6.07, 6.45) is 17.5. The Hall–Kier alpha value is -1.98. The first-order valence-electron chi connectivity index (χ1n) is 11.9. The number of nitrogens with one attached hydrogen (secondary N) is 1. The maximum absolute atomic E-state index is 13.5. The molecule has 0 aromatic heterocycles. The lowest BCUT2D eigenvalue weighted by atomic mass is 10.0. The molecule has 0 atom stereocenters. The average Bonchev–Trinajstić information content (AvgIpc) is 2.75. The molecule has 0 spiro atoms. The minimum atomic E-state index is -0.968. The molecule has 0 fully saturated rings. The Morgan fingerprint density at radius 2 is 1.23 bits per heavy atom. The zero-order chi connectivity index (χ0) is 22.7. The molecule has 0 radical (unpaired) electrons. The minimum Gasteiger partial charge on any atom is -0.464 e. The predicted octanol–water partition coefficient (Wildman–Crippen LogP) is 6.72. The Bertz CT molecular complexity index is 617. The number of hydrogen-bond acceptors (Lipinski definition) is 3. The third kappa shape index (κ3) is 13.1. The molecule has 1 amide bonds. The second-order valence-corrected chi connectivity index (χ2v) is 8.10. The topological polar surface area (TPSA) is 55.4 Å². The first-order chi connectivity index (χ1) is 15.1. The van der Waals surface area contributed by atoms with Crippen molar-refractivity contribution in [3.8, 4) is 0 Å². The summed E-state index contributed by atoms with van der Waals surface area (Å²) in [4.78, 5) is 23.5. The summed E-state index contributed by atoms with van der Waals surface area (Å²) < 4.78 is 32.1. The van der Waals surface area contributed by atoms with E-state index in [0.717, 1.165) is 31.4 Å². The second kappa shape index (κ2) is 17.7. The highest BCUT2D eigenvalue weighted by molar-refractivity contribution is 5.96. The first-order valence-corrected chi connectivity index (χ1v) is 11.9. The monoisotopic (exact) mass is 439 g/mol. The molecule has 1 aromatic carbocycles. The van der Waals surface area contributed by atoms with E-state index in [-0.39, 0.29) is 0 Å². The maximum atomic E-state index is 13.5. The second-order valence-electron chi connectivity index (χ2n) is 8.10. The van der Waals surface area contributed by atoms with E-state index in [1.807, 2.05) is 0 Å². The molecule has 4 nitrogen and oxygen atoms in total. The smallest absolute Gasteiger partial charge is 0.325 e. The Morgan fingerprint density at radius 3 is 1.71 bits per heavy atom. The van der Waals surface area contributed by atoms with Gasteiger partial charge in [-0.2, -0.15) is 0 Å². The van der Waals surface area contributed by atoms with Crippen molar-refractivity contribution in [1.29, 1.82) is 0 Å². The van der Waals surface area contributed by atoms with Gasteiger partial charge in [0.25, 0.3) is 5.91 Å². The Morgan fingerprint density at radius 1 is 0.774 bits per heavy atom. The number of esters is 1. The number of benzene rings is 1. The van der Waals surface area contributed by atoms with Crippen molar-refractivity contribution in [2.45, 2.75) is 96.8 Å². The minimum absolute atomic E-state index is 0.292. The molecule has 0 saturated heterocycles. The first kappa shape index (κ1) is 27.1. The van der Waals surface area contributed by atoms with Gasteiger partial charge in [-0.15, -0.1) is 0 Å². The van der Waals surface area contributed by atoms with Crippen LogP contribution in [-0.4, -0.2) is 25.0 Å². The van der Waals surface area contributed by atoms with E-state index in [0.29, 0.717) is 6.61 Å². The summed E-state index contributed by atoms with van der Waals surface area (Å²) in [5, 5.41) is 2.19. The average molecular weight is 440 g/mol. The number of halogens is 2. The summed E-state index contributed by atoms with van der Waals surface area (Å²) in [6, 6.07) is 3.16. The summed E-state index contributed by atoms with van der Waals surface area (Å²) in [5.41, 5.74) is -0.692. The summed E-state index contributed by atoms with van der Waals surface area (Å²) in [7, 11) is 0. The van der Waals surface area contributed by atoms with Crippen LogP contribution in [-0.2, 0) is 9.53 Å². The largest absolute Gasteiger partial charge is 0.464 e. The molecule has 0 unspecified atom stereocenters. The predicted molar refractivity (Wildman–Crippen MR) is 120 cm³/mol. The van der Waals surface area contributed by atoms with Gasteiger partial charge in [-0.25, -0.2) is 8.78 Å². The van der Waals surface area contributed by atoms with Crippen LogP contribution >= 0.6 is 0 Å². The zero-order valence-corrected chi connectivity index (χ0v) is 19.0. The van der Waals surface area contributed by atoms with Crippen molar-refractivity contribution in [2.75, 3.05) is 13.2 Å². The molecule has 1 rings (SSSR count). The van der Waals surface area contributed by atoms with Gasteiger partial charge in [-0.1, -0.05) is 96.5 Å². The van der Waals surface area contributed by atoms with Crippen LogP contribution in [0.2, 0.25) is 0 Å². The standard InChI is InChI=1S/C25H39F2NO3/c1-2-3-4-5-6-7-8-9-10-11-12-13-14-15-19-31-23(29)20-28-25(30)24-21(26)17-16-18-22(24)27/h16-18H,2-15,19-20H2,1H3,(H,28,30). The lowest BCUT2D eigenvalue weighted by Crippen LogP contribution is -2.32. The van der Waals surface area contributed by atoms with E-state index < -0.39 is 35.6 Å². The van der Waals surface area contributed by atoms with Gasteiger partial charge in [-0.05, 0) is 18.6 Å². The molecular weight excluding hydrogens is 400 g/mol. The molecule has 0 aliphatic rings. The quantitative estimate of drug-likeness (QED) is 0.204. The van der Waals surface area contributed by atoms with E-state index in [9.17, 15) is 18.4 Å². The molecule has 6 heteroatoms. The molecule has 1 aromatic rings. The van der Waals surface area contributed by atoms with Gasteiger partial charge in [0, 0.05) is 0 Å². The Balaban J connectivity index is 1.92. The third-order valence-corrected chi connectivity index (χ3v) is 5.34. The summed E-state index contributed by atoms with van der Waals surface area (Å²) >= 11 is 0. The third-order valence-electron chi connectivity index (χ3n) is 5.34. The number of rotatable bonds is 18. The van der Waals surface area contributed by atoms with Crippen molar-refractivity contribution in [1.82, 2.24) is 5.32 Å². The van der Waals surface area contributed by atoms with Crippen LogP contribution in [0.25, 0.3) is 0 Å². The molecule has 0 aliphatic heterocycles. The fraction of sp³-hybridized carbons (Fsp3) is 0.680. The number of unbranched alkanes of at least 4 members (excludes halogenated alkanes) is 13. The van der Waals surface area contributed by atoms with Crippen molar-refractivity contribution >= 4 is 11.9 Å². The lowest BCUT2D eigenvalue weighted by molar-refractivity contribution is -0.142. The maximum Gasteiger partial charge on any atom is 0.325 e. The van der Waals surface area contributed by atoms with E-state index in [2.05, 4.69) is 12.2 Å². The molecular formula is C25H39F2NO3. The molecule has 0 saturated carbocycles. The normalized spacial score (nSPS) is 10.8. The van der Waals surface area contributed by atoms with Gasteiger partial charge in [0.1, 0.15) is 23.7 Å². The fourth-order valence-electron chi connectivity index (χ4n) is 3.49. The highest BCUT2D eigenvalue weighted by Crippen LogP contribution is 2.13. The highest BCUT2D eigenvalue weighted by atomic mass is 19.1. The summed E-state index contributed by atoms with van der Waals surface area (Å²) in [5.74, 6) is -3.51. The van der Waals surface area contributed by atoms with Crippen molar-refractivity contribution in [3.63, 3.8) is 0 Å². The van der Waals surface area contributed by atoms with Gasteiger partial charge in [0.05, 0.1) is 6.61 Å². The van der Waals surface area contributed by atoms with Gasteiger partial charge in [-0.3, -0.25) is 9.59 Å². The van der Waals surface area contributed by atoms with Crippen molar-refractivity contribution in [3.05, 3.63) is 35.4 Å². The van der Waals surface area contributed by atoms with Crippen molar-refractivity contribution < 1.29 is 23.1 Å². The van der Waals surface area contributed by atoms with E-state index >= 15 is 0 Å². The number of carbonyl (C=O) groups is 2. The van der Waals surface area contributed by atoms with Crippen LogP contribution in [0.4, 0.5) is 8.78 Å². The van der Waals surface area contributed by atoms with Crippen LogP contribution in [0.5, 0.6) is 0 Å². The molecule has 0 bridgehead atoms. The molecule has 0 heterocycles. The summed E-state index contributed by atoms with van der Waals surface area (Å²) in [6.45, 7) is 2.13.